The van der Waals surface area contributed by atoms with E-state index < -0.39 is 0 Å². The van der Waals surface area contributed by atoms with E-state index in [1.165, 1.54) is 11.8 Å². The standard InChI is InChI=1S/C25H20N4O2S/c26-13-14-32-25-28-22-15-20(23(30)27-16-18-7-3-1-4-8-18)11-12-21(22)24(31)29(25)17-19-9-5-2-6-10-19/h1-12,15H,14,16-17H2,(H,27,30). The van der Waals surface area contributed by atoms with Crippen molar-refractivity contribution in [3.63, 3.8) is 0 Å². The zero-order valence-corrected chi connectivity index (χ0v) is 18.0. The van der Waals surface area contributed by atoms with Crippen LogP contribution in [-0.2, 0) is 13.1 Å². The summed E-state index contributed by atoms with van der Waals surface area (Å²) < 4.78 is 1.58. The fourth-order valence-electron chi connectivity index (χ4n) is 3.33. The molecule has 1 aromatic heterocycles. The second-order valence-electron chi connectivity index (χ2n) is 7.12. The Kier molecular flexibility index (Phi) is 6.63. The minimum Gasteiger partial charge on any atom is -0.348 e. The van der Waals surface area contributed by atoms with E-state index in [2.05, 4.69) is 16.4 Å². The van der Waals surface area contributed by atoms with Crippen molar-refractivity contribution < 1.29 is 4.79 Å². The van der Waals surface area contributed by atoms with Crippen LogP contribution in [0, 0.1) is 11.3 Å². The minimum atomic E-state index is -0.239. The van der Waals surface area contributed by atoms with Crippen LogP contribution in [0.3, 0.4) is 0 Å². The summed E-state index contributed by atoms with van der Waals surface area (Å²) in [5.41, 5.74) is 2.63. The quantitative estimate of drug-likeness (QED) is 0.347. The number of nitriles is 1. The number of carbonyl (C=O) groups is 1. The van der Waals surface area contributed by atoms with Gasteiger partial charge in [-0.25, -0.2) is 4.98 Å². The molecule has 3 aromatic carbocycles. The molecule has 6 nitrogen and oxygen atoms in total. The summed E-state index contributed by atoms with van der Waals surface area (Å²) in [6.45, 7) is 0.767. The molecule has 1 N–H and O–H groups in total. The largest absolute Gasteiger partial charge is 0.348 e. The second kappa shape index (κ2) is 9.94. The van der Waals surface area contributed by atoms with E-state index in [4.69, 9.17) is 5.26 Å². The number of hydrogen-bond donors (Lipinski definition) is 1. The maximum absolute atomic E-state index is 13.2. The van der Waals surface area contributed by atoms with Crippen molar-refractivity contribution in [2.75, 3.05) is 5.75 Å². The Morgan fingerprint density at radius 2 is 1.69 bits per heavy atom. The average Bonchev–Trinajstić information content (AvgIpc) is 2.84. The number of fused-ring (bicyclic) bond motifs is 1. The van der Waals surface area contributed by atoms with Crippen molar-refractivity contribution in [3.8, 4) is 6.07 Å². The van der Waals surface area contributed by atoms with Crippen LogP contribution in [-0.4, -0.2) is 21.2 Å². The van der Waals surface area contributed by atoms with Crippen molar-refractivity contribution in [2.45, 2.75) is 18.2 Å². The Labute approximate surface area is 189 Å². The lowest BCUT2D eigenvalue weighted by Gasteiger charge is -2.13. The number of aromatic nitrogens is 2. The van der Waals surface area contributed by atoms with Crippen molar-refractivity contribution in [1.29, 1.82) is 5.26 Å². The van der Waals surface area contributed by atoms with Crippen LogP contribution >= 0.6 is 11.8 Å². The SMILES string of the molecule is N#CCSc1nc2cc(C(=O)NCc3ccccc3)ccc2c(=O)n1Cc1ccccc1. The zero-order valence-electron chi connectivity index (χ0n) is 17.2. The highest BCUT2D eigenvalue weighted by atomic mass is 32.2. The molecule has 4 aromatic rings. The number of thioether (sulfide) groups is 1. The van der Waals surface area contributed by atoms with E-state index >= 15 is 0 Å². The van der Waals surface area contributed by atoms with Gasteiger partial charge in [-0.2, -0.15) is 5.26 Å². The van der Waals surface area contributed by atoms with Crippen molar-refractivity contribution >= 4 is 28.6 Å². The van der Waals surface area contributed by atoms with Crippen molar-refractivity contribution in [1.82, 2.24) is 14.9 Å². The molecule has 0 aliphatic rings. The van der Waals surface area contributed by atoms with E-state index in [-0.39, 0.29) is 17.2 Å². The summed E-state index contributed by atoms with van der Waals surface area (Å²) in [6.07, 6.45) is 0. The van der Waals surface area contributed by atoms with Gasteiger partial charge < -0.3 is 5.32 Å². The molecule has 1 amide bonds. The highest BCUT2D eigenvalue weighted by Crippen LogP contribution is 2.20. The first-order chi connectivity index (χ1) is 15.7. The van der Waals surface area contributed by atoms with Gasteiger partial charge in [-0.3, -0.25) is 14.2 Å². The first-order valence-electron chi connectivity index (χ1n) is 10.1. The number of rotatable bonds is 7. The fraction of sp³-hybridized carbons (Fsp3) is 0.120. The molecular formula is C25H20N4O2S. The minimum absolute atomic E-state index is 0.171. The molecule has 0 saturated heterocycles. The van der Waals surface area contributed by atoms with Gasteiger partial charge in [0.1, 0.15) is 0 Å². The van der Waals surface area contributed by atoms with Gasteiger partial charge in [0.05, 0.1) is 29.3 Å². The van der Waals surface area contributed by atoms with Crippen LogP contribution < -0.4 is 10.9 Å². The van der Waals surface area contributed by atoms with Crippen molar-refractivity contribution in [3.05, 3.63) is 106 Å². The molecule has 0 saturated carbocycles. The molecule has 7 heteroatoms. The lowest BCUT2D eigenvalue weighted by atomic mass is 10.1. The topological polar surface area (TPSA) is 87.8 Å². The Hall–Kier alpha value is -3.89. The summed E-state index contributed by atoms with van der Waals surface area (Å²) in [5, 5.41) is 12.8. The fourth-order valence-corrected chi connectivity index (χ4v) is 3.99. The van der Waals surface area contributed by atoms with Crippen LogP contribution in [0.15, 0.2) is 88.8 Å². The maximum Gasteiger partial charge on any atom is 0.262 e. The van der Waals surface area contributed by atoms with E-state index in [9.17, 15) is 9.59 Å². The third-order valence-corrected chi connectivity index (χ3v) is 5.77. The Morgan fingerprint density at radius 1 is 1.00 bits per heavy atom. The van der Waals surface area contributed by atoms with Crippen molar-refractivity contribution in [2.24, 2.45) is 0 Å². The van der Waals surface area contributed by atoms with Gasteiger partial charge in [-0.1, -0.05) is 72.4 Å². The molecule has 0 bridgehead atoms. The number of hydrogen-bond acceptors (Lipinski definition) is 5. The predicted octanol–water partition coefficient (Wildman–Crippen LogP) is 3.99. The Morgan fingerprint density at radius 3 is 2.38 bits per heavy atom. The van der Waals surface area contributed by atoms with Gasteiger partial charge in [-0.05, 0) is 29.3 Å². The normalized spacial score (nSPS) is 10.6. The number of carbonyl (C=O) groups excluding carboxylic acids is 1. The van der Waals surface area contributed by atoms with Crippen LogP contribution in [0.2, 0.25) is 0 Å². The molecule has 0 unspecified atom stereocenters. The number of amides is 1. The summed E-state index contributed by atoms with van der Waals surface area (Å²) in [7, 11) is 0. The predicted molar refractivity (Wildman–Crippen MR) is 125 cm³/mol. The maximum atomic E-state index is 13.2. The average molecular weight is 441 g/mol. The van der Waals surface area contributed by atoms with E-state index in [1.54, 1.807) is 22.8 Å². The van der Waals surface area contributed by atoms with Gasteiger partial charge in [0.25, 0.3) is 11.5 Å². The summed E-state index contributed by atoms with van der Waals surface area (Å²) >= 11 is 1.21. The van der Waals surface area contributed by atoms with Crippen LogP contribution in [0.5, 0.6) is 0 Å². The zero-order chi connectivity index (χ0) is 22.3. The van der Waals surface area contributed by atoms with Crippen LogP contribution in [0.4, 0.5) is 0 Å². The molecule has 1 heterocycles. The highest BCUT2D eigenvalue weighted by molar-refractivity contribution is 7.99. The molecule has 4 rings (SSSR count). The Balaban J connectivity index is 1.66. The van der Waals surface area contributed by atoms with E-state index in [0.717, 1.165) is 11.1 Å². The summed E-state index contributed by atoms with van der Waals surface area (Å²) in [4.78, 5) is 30.5. The number of nitrogens with one attached hydrogen (secondary N) is 1. The molecular weight excluding hydrogens is 420 g/mol. The van der Waals surface area contributed by atoms with E-state index in [1.807, 2.05) is 60.7 Å². The van der Waals surface area contributed by atoms with Gasteiger partial charge in [-0.15, -0.1) is 0 Å². The molecule has 0 radical (unpaired) electrons. The van der Waals surface area contributed by atoms with Crippen LogP contribution in [0.25, 0.3) is 10.9 Å². The smallest absolute Gasteiger partial charge is 0.262 e. The van der Waals surface area contributed by atoms with Gasteiger partial charge in [0.15, 0.2) is 5.16 Å². The summed E-state index contributed by atoms with van der Waals surface area (Å²) in [6, 6.07) is 26.3. The molecule has 0 aliphatic carbocycles. The lowest BCUT2D eigenvalue weighted by Crippen LogP contribution is -2.25. The Bertz CT molecular complexity index is 1350. The lowest BCUT2D eigenvalue weighted by molar-refractivity contribution is 0.0951. The van der Waals surface area contributed by atoms with Gasteiger partial charge in [0.2, 0.25) is 0 Å². The molecule has 0 atom stereocenters. The molecule has 0 fully saturated rings. The first kappa shape index (κ1) is 21.3. The van der Waals surface area contributed by atoms with E-state index in [0.29, 0.717) is 34.7 Å². The second-order valence-corrected chi connectivity index (χ2v) is 8.06. The summed E-state index contributed by atoms with van der Waals surface area (Å²) in [5.74, 6) is -0.0680. The molecule has 158 valence electrons. The number of benzene rings is 3. The monoisotopic (exact) mass is 440 g/mol. The van der Waals surface area contributed by atoms with Gasteiger partial charge >= 0.3 is 0 Å². The third kappa shape index (κ3) is 4.88. The molecule has 32 heavy (non-hydrogen) atoms. The highest BCUT2D eigenvalue weighted by Gasteiger charge is 2.14. The van der Waals surface area contributed by atoms with Gasteiger partial charge in [0, 0.05) is 12.1 Å². The molecule has 0 aliphatic heterocycles. The van der Waals surface area contributed by atoms with Crippen LogP contribution in [0.1, 0.15) is 21.5 Å². The third-order valence-electron chi connectivity index (χ3n) is 4.93. The molecule has 0 spiro atoms. The number of nitrogens with zero attached hydrogens (tertiary/aromatic N) is 3. The first-order valence-corrected chi connectivity index (χ1v) is 11.0.